The van der Waals surface area contributed by atoms with Crippen molar-refractivity contribution in [1.82, 2.24) is 20.3 Å². The first kappa shape index (κ1) is 28.8. The molecule has 212 valence electrons. The van der Waals surface area contributed by atoms with Crippen molar-refractivity contribution in [3.05, 3.63) is 12.2 Å². The minimum atomic E-state index is -0.985. The molecule has 0 aromatic rings. The van der Waals surface area contributed by atoms with Crippen LogP contribution in [-0.4, -0.2) is 63.2 Å². The third-order valence-electron chi connectivity index (χ3n) is 7.93. The van der Waals surface area contributed by atoms with Gasteiger partial charge in [0.2, 0.25) is 11.8 Å². The predicted molar refractivity (Wildman–Crippen MR) is 147 cm³/mol. The summed E-state index contributed by atoms with van der Waals surface area (Å²) in [5.41, 5.74) is -1.67. The average Bonchev–Trinajstić information content (AvgIpc) is 3.69. The molecule has 1 saturated heterocycles. The summed E-state index contributed by atoms with van der Waals surface area (Å²) in [6.45, 7) is 9.91. The Morgan fingerprint density at radius 3 is 2.61 bits per heavy atom. The Balaban J connectivity index is 1.53. The molecule has 9 nitrogen and oxygen atoms in total. The van der Waals surface area contributed by atoms with Crippen molar-refractivity contribution in [2.24, 2.45) is 11.8 Å². The molecular formula is C28H44N4O5S. The summed E-state index contributed by atoms with van der Waals surface area (Å²) in [6.07, 6.45) is 10.7. The summed E-state index contributed by atoms with van der Waals surface area (Å²) in [7, 11) is 0. The van der Waals surface area contributed by atoms with Crippen molar-refractivity contribution < 1.29 is 23.9 Å². The molecule has 4 amide bonds. The van der Waals surface area contributed by atoms with Gasteiger partial charge in [-0.3, -0.25) is 19.1 Å². The van der Waals surface area contributed by atoms with Gasteiger partial charge < -0.3 is 20.3 Å². The van der Waals surface area contributed by atoms with Gasteiger partial charge in [-0.2, -0.15) is 0 Å². The van der Waals surface area contributed by atoms with Crippen LogP contribution in [-0.2, 0) is 19.1 Å². The SMILES string of the molecule is C[C@@H]1C[C@H]2C(=O)N[C@]3(C(=O)NSC4(C)CC4)C[C@H]3/C=C\CCCCC[C@H](NC(=O)OC(C)(C)C)C(=O)N2C1. The van der Waals surface area contributed by atoms with E-state index >= 15 is 0 Å². The highest BCUT2D eigenvalue weighted by molar-refractivity contribution is 7.99. The Morgan fingerprint density at radius 2 is 1.92 bits per heavy atom. The Hall–Kier alpha value is -2.23. The molecule has 3 N–H and O–H groups in total. The summed E-state index contributed by atoms with van der Waals surface area (Å²) >= 11 is 1.45. The molecule has 0 aromatic heterocycles. The monoisotopic (exact) mass is 548 g/mol. The lowest BCUT2D eigenvalue weighted by Crippen LogP contribution is -2.57. The highest BCUT2D eigenvalue weighted by Crippen LogP contribution is 2.49. The van der Waals surface area contributed by atoms with Crippen molar-refractivity contribution in [3.8, 4) is 0 Å². The van der Waals surface area contributed by atoms with E-state index in [1.54, 1.807) is 25.7 Å². The number of alkyl carbamates (subject to hydrolysis) is 1. The van der Waals surface area contributed by atoms with E-state index in [0.717, 1.165) is 38.5 Å². The van der Waals surface area contributed by atoms with Gasteiger partial charge >= 0.3 is 6.09 Å². The molecule has 4 rings (SSSR count). The predicted octanol–water partition coefficient (Wildman–Crippen LogP) is 3.83. The van der Waals surface area contributed by atoms with Gasteiger partial charge in [-0.15, -0.1) is 0 Å². The molecule has 0 spiro atoms. The number of nitrogens with zero attached hydrogens (tertiary/aromatic N) is 1. The number of amides is 4. The number of allylic oxidation sites excluding steroid dienone is 1. The molecule has 2 heterocycles. The summed E-state index contributed by atoms with van der Waals surface area (Å²) < 4.78 is 8.52. The molecule has 2 aliphatic carbocycles. The Kier molecular flexibility index (Phi) is 8.40. The molecular weight excluding hydrogens is 504 g/mol. The maximum absolute atomic E-state index is 13.8. The highest BCUT2D eigenvalue weighted by atomic mass is 32.2. The van der Waals surface area contributed by atoms with Crippen LogP contribution in [0, 0.1) is 11.8 Å². The van der Waals surface area contributed by atoms with E-state index < -0.39 is 29.3 Å². The first-order valence-electron chi connectivity index (χ1n) is 14.1. The van der Waals surface area contributed by atoms with E-state index in [0.29, 0.717) is 25.8 Å². The second kappa shape index (κ2) is 11.1. The lowest BCUT2D eigenvalue weighted by Gasteiger charge is -2.30. The maximum Gasteiger partial charge on any atom is 0.408 e. The Labute approximate surface area is 230 Å². The Morgan fingerprint density at radius 1 is 1.18 bits per heavy atom. The number of ether oxygens (including phenoxy) is 1. The van der Waals surface area contributed by atoms with Crippen LogP contribution in [0.1, 0.15) is 92.4 Å². The number of carbonyl (C=O) groups excluding carboxylic acids is 4. The second-order valence-corrected chi connectivity index (χ2v) is 14.3. The normalized spacial score (nSPS) is 34.0. The molecule has 4 aliphatic rings. The molecule has 3 fully saturated rings. The largest absolute Gasteiger partial charge is 0.444 e. The van der Waals surface area contributed by atoms with Crippen molar-refractivity contribution >= 4 is 35.8 Å². The Bertz CT molecular complexity index is 975. The standard InChI is InChI=1S/C28H44N4O5S/c1-18-15-21-22(33)30-28(24(35)31-38-27(5)13-14-27)16-19(28)11-9-7-6-8-10-12-20(23(34)32(21)17-18)29-25(36)37-26(2,3)4/h9,11,18-21H,6-8,10,12-17H2,1-5H3,(H,29,36)(H,30,33)(H,31,35)/b11-9-/t18-,19-,20+,21+,28-/m1/s1. The van der Waals surface area contributed by atoms with Gasteiger partial charge in [0.15, 0.2) is 0 Å². The van der Waals surface area contributed by atoms with Crippen molar-refractivity contribution in [1.29, 1.82) is 0 Å². The third-order valence-corrected chi connectivity index (χ3v) is 9.12. The zero-order chi connectivity index (χ0) is 27.7. The van der Waals surface area contributed by atoms with E-state index in [2.05, 4.69) is 34.4 Å². The summed E-state index contributed by atoms with van der Waals surface area (Å²) in [5.74, 6) is -0.676. The first-order valence-corrected chi connectivity index (χ1v) is 14.9. The topological polar surface area (TPSA) is 117 Å². The molecule has 38 heavy (non-hydrogen) atoms. The molecule has 2 aliphatic heterocycles. The summed E-state index contributed by atoms with van der Waals surface area (Å²) in [4.78, 5) is 55.0. The zero-order valence-corrected chi connectivity index (χ0v) is 24.2. The van der Waals surface area contributed by atoms with E-state index in [-0.39, 0.29) is 34.3 Å². The minimum Gasteiger partial charge on any atom is -0.444 e. The van der Waals surface area contributed by atoms with E-state index in [1.807, 2.05) is 6.92 Å². The van der Waals surface area contributed by atoms with Crippen LogP contribution in [0.15, 0.2) is 12.2 Å². The number of carbonyl (C=O) groups is 4. The molecule has 0 radical (unpaired) electrons. The maximum atomic E-state index is 13.8. The van der Waals surface area contributed by atoms with Crippen molar-refractivity contribution in [3.63, 3.8) is 0 Å². The van der Waals surface area contributed by atoms with Crippen LogP contribution in [0.5, 0.6) is 0 Å². The van der Waals surface area contributed by atoms with Gasteiger partial charge in [-0.25, -0.2) is 4.79 Å². The summed E-state index contributed by atoms with van der Waals surface area (Å²) in [5, 5.41) is 5.85. The number of fused-ring (bicyclic) bond motifs is 2. The smallest absolute Gasteiger partial charge is 0.408 e. The van der Waals surface area contributed by atoms with Crippen molar-refractivity contribution in [2.75, 3.05) is 6.54 Å². The van der Waals surface area contributed by atoms with Crippen molar-refractivity contribution in [2.45, 2.75) is 120 Å². The molecule has 10 heteroatoms. The quantitative estimate of drug-likeness (QED) is 0.363. The van der Waals surface area contributed by atoms with Crippen LogP contribution >= 0.6 is 11.9 Å². The average molecular weight is 549 g/mol. The molecule has 0 bridgehead atoms. The van der Waals surface area contributed by atoms with E-state index in [4.69, 9.17) is 4.74 Å². The fourth-order valence-electron chi connectivity index (χ4n) is 5.32. The molecule has 0 aromatic carbocycles. The third kappa shape index (κ3) is 7.04. The van der Waals surface area contributed by atoms with Gasteiger partial charge in [-0.1, -0.05) is 31.9 Å². The minimum absolute atomic E-state index is 0.0613. The van der Waals surface area contributed by atoms with Gasteiger partial charge in [-0.05, 0) is 90.5 Å². The van der Waals surface area contributed by atoms with Gasteiger partial charge in [0.25, 0.3) is 5.91 Å². The lowest BCUT2D eigenvalue weighted by molar-refractivity contribution is -0.141. The zero-order valence-electron chi connectivity index (χ0n) is 23.4. The van der Waals surface area contributed by atoms with E-state index in [1.165, 1.54) is 11.9 Å². The number of hydrogen-bond acceptors (Lipinski definition) is 6. The first-order chi connectivity index (χ1) is 17.8. The van der Waals surface area contributed by atoms with Crippen LogP contribution in [0.4, 0.5) is 4.79 Å². The second-order valence-electron chi connectivity index (χ2n) is 12.9. The molecule has 2 saturated carbocycles. The van der Waals surface area contributed by atoms with Crippen LogP contribution in [0.25, 0.3) is 0 Å². The van der Waals surface area contributed by atoms with Crippen LogP contribution in [0.2, 0.25) is 0 Å². The fraction of sp³-hybridized carbons (Fsp3) is 0.786. The van der Waals surface area contributed by atoms with Crippen LogP contribution in [0.3, 0.4) is 0 Å². The number of nitrogens with one attached hydrogen (secondary N) is 3. The molecule has 0 unspecified atom stereocenters. The fourth-order valence-corrected chi connectivity index (χ4v) is 6.14. The highest BCUT2D eigenvalue weighted by Gasteiger charge is 2.61. The van der Waals surface area contributed by atoms with Gasteiger partial charge in [0.1, 0.15) is 23.2 Å². The number of hydrogen-bond donors (Lipinski definition) is 3. The molecule has 5 atom stereocenters. The van der Waals surface area contributed by atoms with E-state index in [9.17, 15) is 19.2 Å². The lowest BCUT2D eigenvalue weighted by atomic mass is 10.0. The van der Waals surface area contributed by atoms with Crippen LogP contribution < -0.4 is 15.4 Å². The van der Waals surface area contributed by atoms with Gasteiger partial charge in [0, 0.05) is 17.2 Å². The number of rotatable bonds is 4. The summed E-state index contributed by atoms with van der Waals surface area (Å²) in [6, 6.07) is -1.46. The van der Waals surface area contributed by atoms with Gasteiger partial charge in [0.05, 0.1) is 0 Å².